The number of nitrogens with zero attached hydrogens (tertiary/aromatic N) is 2. The Morgan fingerprint density at radius 2 is 2.00 bits per heavy atom. The second-order valence-electron chi connectivity index (χ2n) is 6.94. The Morgan fingerprint density at radius 3 is 2.64 bits per heavy atom. The van der Waals surface area contributed by atoms with E-state index in [2.05, 4.69) is 0 Å². The van der Waals surface area contributed by atoms with Gasteiger partial charge in [0, 0.05) is 30.7 Å². The summed E-state index contributed by atoms with van der Waals surface area (Å²) in [7, 11) is 1.53. The first kappa shape index (κ1) is 24.2. The smallest absolute Gasteiger partial charge is 0.303 e. The van der Waals surface area contributed by atoms with Gasteiger partial charge < -0.3 is 14.6 Å². The molecule has 2 aromatic carbocycles. The van der Waals surface area contributed by atoms with E-state index >= 15 is 0 Å². The molecular weight excluding hydrogens is 468 g/mol. The second kappa shape index (κ2) is 10.9. The topological polar surface area (TPSA) is 119 Å². The molecule has 1 saturated heterocycles. The van der Waals surface area contributed by atoms with Crippen LogP contribution < -0.4 is 9.47 Å². The fraction of sp³-hybridized carbons (Fsp3) is 0.227. The van der Waals surface area contributed by atoms with Crippen LogP contribution in [0, 0.1) is 10.1 Å². The third kappa shape index (κ3) is 6.30. The normalized spacial score (nSPS) is 14.6. The minimum Gasteiger partial charge on any atom is -0.496 e. The zero-order valence-corrected chi connectivity index (χ0v) is 19.2. The molecule has 172 valence electrons. The highest BCUT2D eigenvalue weighted by molar-refractivity contribution is 8.26. The molecule has 3 rings (SSSR count). The SMILES string of the molecule is COc1ccc(C=C2SC(=S)N(CCCC(=O)O)C2=O)cc1COc1ccc([N+](=O)[O-])cc1. The van der Waals surface area contributed by atoms with Crippen molar-refractivity contribution in [3.63, 3.8) is 0 Å². The number of thioether (sulfide) groups is 1. The highest BCUT2D eigenvalue weighted by Gasteiger charge is 2.31. The lowest BCUT2D eigenvalue weighted by molar-refractivity contribution is -0.384. The van der Waals surface area contributed by atoms with Crippen molar-refractivity contribution >= 4 is 51.9 Å². The molecule has 0 aromatic heterocycles. The van der Waals surface area contributed by atoms with Crippen molar-refractivity contribution in [3.05, 3.63) is 68.6 Å². The molecule has 0 bridgehead atoms. The third-order valence-corrected chi connectivity index (χ3v) is 6.07. The molecule has 0 radical (unpaired) electrons. The summed E-state index contributed by atoms with van der Waals surface area (Å²) in [5.74, 6) is -0.113. The molecule has 0 saturated carbocycles. The number of hydrogen-bond donors (Lipinski definition) is 1. The molecule has 33 heavy (non-hydrogen) atoms. The van der Waals surface area contributed by atoms with E-state index < -0.39 is 10.9 Å². The number of nitro benzene ring substituents is 1. The van der Waals surface area contributed by atoms with E-state index in [1.54, 1.807) is 18.2 Å². The zero-order chi connectivity index (χ0) is 24.0. The van der Waals surface area contributed by atoms with Crippen molar-refractivity contribution in [2.24, 2.45) is 0 Å². The summed E-state index contributed by atoms with van der Waals surface area (Å²) in [6, 6.07) is 11.1. The number of carboxylic acids is 1. The van der Waals surface area contributed by atoms with Crippen LogP contribution in [0.25, 0.3) is 6.08 Å². The number of benzene rings is 2. The van der Waals surface area contributed by atoms with Gasteiger partial charge >= 0.3 is 5.97 Å². The number of nitro groups is 1. The van der Waals surface area contributed by atoms with E-state index in [0.717, 1.165) is 11.1 Å². The first-order valence-corrected chi connectivity index (χ1v) is 11.0. The van der Waals surface area contributed by atoms with Crippen molar-refractivity contribution in [2.45, 2.75) is 19.4 Å². The maximum atomic E-state index is 12.7. The molecular formula is C22H20N2O7S2. The van der Waals surface area contributed by atoms with Gasteiger partial charge in [0.2, 0.25) is 0 Å². The Kier molecular flexibility index (Phi) is 8.01. The van der Waals surface area contributed by atoms with E-state index in [-0.39, 0.29) is 31.2 Å². The van der Waals surface area contributed by atoms with Crippen LogP contribution in [-0.2, 0) is 16.2 Å². The highest BCUT2D eigenvalue weighted by Crippen LogP contribution is 2.33. The van der Waals surface area contributed by atoms with Gasteiger partial charge in [-0.1, -0.05) is 30.0 Å². The summed E-state index contributed by atoms with van der Waals surface area (Å²) < 4.78 is 11.5. The first-order valence-electron chi connectivity index (χ1n) is 9.80. The molecule has 11 heteroatoms. The van der Waals surface area contributed by atoms with Crippen molar-refractivity contribution in [2.75, 3.05) is 13.7 Å². The Hall–Kier alpha value is -3.44. The minimum atomic E-state index is -0.919. The van der Waals surface area contributed by atoms with Gasteiger partial charge in [-0.2, -0.15) is 0 Å². The lowest BCUT2D eigenvalue weighted by Crippen LogP contribution is -2.29. The fourth-order valence-corrected chi connectivity index (χ4v) is 4.37. The Morgan fingerprint density at radius 1 is 1.27 bits per heavy atom. The van der Waals surface area contributed by atoms with Crippen LogP contribution in [0.1, 0.15) is 24.0 Å². The second-order valence-corrected chi connectivity index (χ2v) is 8.62. The monoisotopic (exact) mass is 488 g/mol. The number of thiocarbonyl (C=S) groups is 1. The summed E-state index contributed by atoms with van der Waals surface area (Å²) >= 11 is 6.44. The quantitative estimate of drug-likeness (QED) is 0.226. The molecule has 1 N–H and O–H groups in total. The Labute approximate surface area is 199 Å². The molecule has 0 spiro atoms. The largest absolute Gasteiger partial charge is 0.496 e. The summed E-state index contributed by atoms with van der Waals surface area (Å²) in [5, 5.41) is 19.6. The van der Waals surface area contributed by atoms with Gasteiger partial charge in [-0.25, -0.2) is 0 Å². The van der Waals surface area contributed by atoms with Crippen LogP contribution in [0.4, 0.5) is 5.69 Å². The van der Waals surface area contributed by atoms with Crippen molar-refractivity contribution in [1.29, 1.82) is 0 Å². The first-order chi connectivity index (χ1) is 15.8. The van der Waals surface area contributed by atoms with Crippen molar-refractivity contribution in [1.82, 2.24) is 4.90 Å². The summed E-state index contributed by atoms with van der Waals surface area (Å²) in [6.45, 7) is 0.407. The van der Waals surface area contributed by atoms with E-state index in [9.17, 15) is 19.7 Å². The van der Waals surface area contributed by atoms with Gasteiger partial charge in [-0.05, 0) is 42.3 Å². The summed E-state index contributed by atoms with van der Waals surface area (Å²) in [6.07, 6.45) is 2.00. The number of methoxy groups -OCH3 is 1. The fourth-order valence-electron chi connectivity index (χ4n) is 3.06. The third-order valence-electron chi connectivity index (χ3n) is 4.69. The molecule has 1 amide bonds. The van der Waals surface area contributed by atoms with Crippen LogP contribution in [0.2, 0.25) is 0 Å². The van der Waals surface area contributed by atoms with Crippen LogP contribution >= 0.6 is 24.0 Å². The summed E-state index contributed by atoms with van der Waals surface area (Å²) in [5.41, 5.74) is 1.44. The molecule has 2 aromatic rings. The average molecular weight is 489 g/mol. The van der Waals surface area contributed by atoms with Gasteiger partial charge in [0.25, 0.3) is 11.6 Å². The molecule has 0 unspecified atom stereocenters. The number of carboxylic acid groups (broad SMARTS) is 1. The number of carbonyl (C=O) groups excluding carboxylic acids is 1. The zero-order valence-electron chi connectivity index (χ0n) is 17.6. The number of amides is 1. The molecule has 1 aliphatic heterocycles. The number of carbonyl (C=O) groups is 2. The van der Waals surface area contributed by atoms with E-state index in [1.807, 2.05) is 6.07 Å². The average Bonchev–Trinajstić information content (AvgIpc) is 3.05. The van der Waals surface area contributed by atoms with E-state index in [0.29, 0.717) is 27.1 Å². The number of rotatable bonds is 10. The predicted molar refractivity (Wildman–Crippen MR) is 127 cm³/mol. The highest BCUT2D eigenvalue weighted by atomic mass is 32.2. The molecule has 1 fully saturated rings. The van der Waals surface area contributed by atoms with Crippen LogP contribution in [0.5, 0.6) is 11.5 Å². The standard InChI is InChI=1S/C22H20N2O7S2/c1-30-18-9-4-14(11-15(18)13-31-17-7-5-16(6-8-17)24(28)29)12-19-21(27)23(22(32)33-19)10-2-3-20(25)26/h4-9,11-12H,2-3,10,13H2,1H3,(H,25,26). The van der Waals surface area contributed by atoms with Crippen molar-refractivity contribution in [3.8, 4) is 11.5 Å². The maximum Gasteiger partial charge on any atom is 0.303 e. The number of non-ortho nitro benzene ring substituents is 1. The molecule has 0 atom stereocenters. The van der Waals surface area contributed by atoms with Gasteiger partial charge in [-0.3, -0.25) is 24.6 Å². The number of hydrogen-bond acceptors (Lipinski definition) is 8. The van der Waals surface area contributed by atoms with Gasteiger partial charge in [-0.15, -0.1) is 0 Å². The molecule has 0 aliphatic carbocycles. The summed E-state index contributed by atoms with van der Waals surface area (Å²) in [4.78, 5) is 35.6. The molecule has 1 aliphatic rings. The van der Waals surface area contributed by atoms with E-state index in [4.69, 9.17) is 26.8 Å². The minimum absolute atomic E-state index is 0.0257. The maximum absolute atomic E-state index is 12.7. The predicted octanol–water partition coefficient (Wildman–Crippen LogP) is 4.25. The number of aliphatic carboxylic acids is 1. The molecule has 9 nitrogen and oxygen atoms in total. The Bertz CT molecular complexity index is 1120. The van der Waals surface area contributed by atoms with Gasteiger partial charge in [0.1, 0.15) is 22.4 Å². The van der Waals surface area contributed by atoms with Crippen LogP contribution in [0.15, 0.2) is 47.4 Å². The molecule has 1 heterocycles. The van der Waals surface area contributed by atoms with Gasteiger partial charge in [0.05, 0.1) is 16.9 Å². The van der Waals surface area contributed by atoms with Crippen LogP contribution in [-0.4, -0.2) is 44.8 Å². The van der Waals surface area contributed by atoms with Crippen LogP contribution in [0.3, 0.4) is 0 Å². The van der Waals surface area contributed by atoms with Crippen molar-refractivity contribution < 1.29 is 29.1 Å². The lowest BCUT2D eigenvalue weighted by Gasteiger charge is -2.13. The lowest BCUT2D eigenvalue weighted by atomic mass is 10.1. The van der Waals surface area contributed by atoms with Gasteiger partial charge in [0.15, 0.2) is 0 Å². The number of ether oxygens (including phenoxy) is 2. The van der Waals surface area contributed by atoms with E-state index in [1.165, 1.54) is 48.0 Å². The Balaban J connectivity index is 1.72.